The fourth-order valence-electron chi connectivity index (χ4n) is 0.885. The van der Waals surface area contributed by atoms with E-state index in [4.69, 9.17) is 0 Å². The van der Waals surface area contributed by atoms with Gasteiger partial charge in [-0.05, 0) is 25.3 Å². The summed E-state index contributed by atoms with van der Waals surface area (Å²) in [7, 11) is 0. The van der Waals surface area contributed by atoms with Crippen LogP contribution in [0.5, 0.6) is 0 Å². The molecule has 0 aliphatic carbocycles. The zero-order valence-corrected chi connectivity index (χ0v) is 7.14. The van der Waals surface area contributed by atoms with E-state index in [-0.39, 0.29) is 11.6 Å². The Morgan fingerprint density at radius 3 is 2.18 bits per heavy atom. The van der Waals surface area contributed by atoms with Crippen LogP contribution in [0.1, 0.15) is 5.56 Å². The predicted molar refractivity (Wildman–Crippen MR) is 42.9 cm³/mol. The van der Waals surface area contributed by atoms with Gasteiger partial charge in [0.15, 0.2) is 0 Å². The second-order valence-electron chi connectivity index (χ2n) is 2.19. The van der Waals surface area contributed by atoms with Gasteiger partial charge in [0, 0.05) is 10.5 Å². The van der Waals surface area contributed by atoms with Crippen LogP contribution in [0.15, 0.2) is 17.0 Å². The minimum Gasteiger partial charge on any atom is -0.207 e. The highest BCUT2D eigenvalue weighted by Crippen LogP contribution is 2.24. The molecule has 0 amide bonds. The van der Waals surface area contributed by atoms with Crippen molar-refractivity contribution in [1.82, 2.24) is 0 Å². The summed E-state index contributed by atoms with van der Waals surface area (Å²) in [6, 6.07) is 2.29. The van der Waals surface area contributed by atoms with E-state index in [2.05, 4.69) is 0 Å². The standard InChI is InChI=1S/C8H8F2S/c1-5-6(9)3-4-7(10)8(5)11-2/h3-4H,1-2H3. The molecular weight excluding hydrogens is 166 g/mol. The van der Waals surface area contributed by atoms with E-state index in [1.807, 2.05) is 0 Å². The summed E-state index contributed by atoms with van der Waals surface area (Å²) in [4.78, 5) is 0.394. The van der Waals surface area contributed by atoms with Gasteiger partial charge in [-0.15, -0.1) is 11.8 Å². The molecule has 3 heteroatoms. The summed E-state index contributed by atoms with van der Waals surface area (Å²) in [5.41, 5.74) is 0.387. The largest absolute Gasteiger partial charge is 0.207 e. The molecule has 0 saturated carbocycles. The average Bonchev–Trinajstić information content (AvgIpc) is 1.99. The summed E-state index contributed by atoms with van der Waals surface area (Å²) in [6.07, 6.45) is 1.73. The quantitative estimate of drug-likeness (QED) is 0.590. The second kappa shape index (κ2) is 3.22. The number of hydrogen-bond donors (Lipinski definition) is 0. The molecule has 0 N–H and O–H groups in total. The van der Waals surface area contributed by atoms with Crippen LogP contribution in [0.3, 0.4) is 0 Å². The number of rotatable bonds is 1. The first kappa shape index (κ1) is 8.53. The van der Waals surface area contributed by atoms with Crippen LogP contribution < -0.4 is 0 Å². The molecule has 0 unspecified atom stereocenters. The molecule has 0 nitrogen and oxygen atoms in total. The highest BCUT2D eigenvalue weighted by atomic mass is 32.2. The molecule has 1 aromatic carbocycles. The molecule has 11 heavy (non-hydrogen) atoms. The van der Waals surface area contributed by atoms with Gasteiger partial charge in [-0.3, -0.25) is 0 Å². The Morgan fingerprint density at radius 2 is 1.73 bits per heavy atom. The van der Waals surface area contributed by atoms with Gasteiger partial charge in [-0.25, -0.2) is 8.78 Å². The van der Waals surface area contributed by atoms with Crippen molar-refractivity contribution in [2.45, 2.75) is 11.8 Å². The van der Waals surface area contributed by atoms with E-state index in [1.165, 1.54) is 11.8 Å². The lowest BCUT2D eigenvalue weighted by molar-refractivity contribution is 0.568. The van der Waals surface area contributed by atoms with Crippen molar-refractivity contribution in [1.29, 1.82) is 0 Å². The Kier molecular flexibility index (Phi) is 2.49. The Morgan fingerprint density at radius 1 is 1.18 bits per heavy atom. The minimum atomic E-state index is -0.351. The maximum atomic E-state index is 12.8. The number of hydrogen-bond acceptors (Lipinski definition) is 1. The van der Waals surface area contributed by atoms with Crippen LogP contribution in [0.2, 0.25) is 0 Å². The Balaban J connectivity index is 3.29. The summed E-state index contributed by atoms with van der Waals surface area (Å²) in [5.74, 6) is -0.702. The van der Waals surface area contributed by atoms with E-state index in [9.17, 15) is 8.78 Å². The fourth-order valence-corrected chi connectivity index (χ4v) is 1.55. The van der Waals surface area contributed by atoms with E-state index in [0.29, 0.717) is 10.5 Å². The summed E-state index contributed by atoms with van der Waals surface area (Å²) < 4.78 is 25.6. The first-order chi connectivity index (χ1) is 5.16. The smallest absolute Gasteiger partial charge is 0.137 e. The second-order valence-corrected chi connectivity index (χ2v) is 3.00. The first-order valence-electron chi connectivity index (χ1n) is 3.15. The topological polar surface area (TPSA) is 0 Å². The fraction of sp³-hybridized carbons (Fsp3) is 0.250. The molecule has 0 aliphatic heterocycles. The van der Waals surface area contributed by atoms with Crippen molar-refractivity contribution < 1.29 is 8.78 Å². The van der Waals surface area contributed by atoms with Crippen molar-refractivity contribution in [3.63, 3.8) is 0 Å². The molecule has 0 bridgehead atoms. The van der Waals surface area contributed by atoms with E-state index in [1.54, 1.807) is 13.2 Å². The van der Waals surface area contributed by atoms with E-state index >= 15 is 0 Å². The lowest BCUT2D eigenvalue weighted by Crippen LogP contribution is -1.89. The highest BCUT2D eigenvalue weighted by molar-refractivity contribution is 7.98. The van der Waals surface area contributed by atoms with Gasteiger partial charge >= 0.3 is 0 Å². The summed E-state index contributed by atoms with van der Waals surface area (Å²) >= 11 is 1.22. The van der Waals surface area contributed by atoms with Crippen LogP contribution in [-0.2, 0) is 0 Å². The third kappa shape index (κ3) is 1.53. The molecule has 0 atom stereocenters. The van der Waals surface area contributed by atoms with Crippen molar-refractivity contribution in [2.75, 3.05) is 6.26 Å². The van der Waals surface area contributed by atoms with Crippen molar-refractivity contribution >= 4 is 11.8 Å². The molecule has 0 spiro atoms. The normalized spacial score (nSPS) is 10.2. The highest BCUT2D eigenvalue weighted by Gasteiger charge is 2.07. The minimum absolute atomic E-state index is 0.351. The molecule has 1 rings (SSSR count). The molecule has 0 saturated heterocycles. The van der Waals surface area contributed by atoms with Gasteiger partial charge in [0.2, 0.25) is 0 Å². The lowest BCUT2D eigenvalue weighted by atomic mass is 10.2. The van der Waals surface area contributed by atoms with Crippen molar-refractivity contribution in [3.8, 4) is 0 Å². The maximum Gasteiger partial charge on any atom is 0.137 e. The SMILES string of the molecule is CSc1c(F)ccc(F)c1C. The van der Waals surface area contributed by atoms with Gasteiger partial charge in [0.05, 0.1) is 0 Å². The third-order valence-electron chi connectivity index (χ3n) is 1.50. The Bertz CT molecular complexity index is 271. The molecule has 0 aliphatic rings. The Labute approximate surface area is 68.6 Å². The molecule has 0 heterocycles. The van der Waals surface area contributed by atoms with Crippen LogP contribution in [-0.4, -0.2) is 6.26 Å². The molecular formula is C8H8F2S. The molecule has 0 radical (unpaired) electrons. The Hall–Kier alpha value is -0.570. The molecule has 0 aromatic heterocycles. The van der Waals surface area contributed by atoms with Gasteiger partial charge in [-0.2, -0.15) is 0 Å². The summed E-state index contributed by atoms with van der Waals surface area (Å²) in [6.45, 7) is 1.57. The zero-order chi connectivity index (χ0) is 8.43. The molecule has 1 aromatic rings. The maximum absolute atomic E-state index is 12.8. The first-order valence-corrected chi connectivity index (χ1v) is 4.38. The lowest BCUT2D eigenvalue weighted by Gasteiger charge is -2.03. The van der Waals surface area contributed by atoms with Gasteiger partial charge < -0.3 is 0 Å². The van der Waals surface area contributed by atoms with Crippen LogP contribution in [0, 0.1) is 18.6 Å². The van der Waals surface area contributed by atoms with Crippen LogP contribution in [0.4, 0.5) is 8.78 Å². The number of benzene rings is 1. The molecule has 60 valence electrons. The van der Waals surface area contributed by atoms with Crippen molar-refractivity contribution in [2.24, 2.45) is 0 Å². The third-order valence-corrected chi connectivity index (χ3v) is 2.41. The summed E-state index contributed by atoms with van der Waals surface area (Å²) in [5, 5.41) is 0. The number of thioether (sulfide) groups is 1. The van der Waals surface area contributed by atoms with E-state index < -0.39 is 0 Å². The van der Waals surface area contributed by atoms with Crippen molar-refractivity contribution in [3.05, 3.63) is 29.3 Å². The molecule has 0 fully saturated rings. The van der Waals surface area contributed by atoms with Crippen LogP contribution in [0.25, 0.3) is 0 Å². The number of halogens is 2. The van der Waals surface area contributed by atoms with Gasteiger partial charge in [0.1, 0.15) is 11.6 Å². The average molecular weight is 174 g/mol. The van der Waals surface area contributed by atoms with Gasteiger partial charge in [-0.1, -0.05) is 0 Å². The van der Waals surface area contributed by atoms with Crippen LogP contribution >= 0.6 is 11.8 Å². The predicted octanol–water partition coefficient (Wildman–Crippen LogP) is 3.00. The monoisotopic (exact) mass is 174 g/mol. The van der Waals surface area contributed by atoms with Gasteiger partial charge in [0.25, 0.3) is 0 Å². The van der Waals surface area contributed by atoms with E-state index in [0.717, 1.165) is 12.1 Å². The zero-order valence-electron chi connectivity index (χ0n) is 6.32.